The first kappa shape index (κ1) is 17.7. The van der Waals surface area contributed by atoms with Gasteiger partial charge in [0.15, 0.2) is 5.65 Å². The first-order chi connectivity index (χ1) is 13.4. The molecule has 0 saturated carbocycles. The Morgan fingerprint density at radius 1 is 1.07 bits per heavy atom. The summed E-state index contributed by atoms with van der Waals surface area (Å²) in [4.78, 5) is 28.5. The van der Waals surface area contributed by atoms with Crippen molar-refractivity contribution in [2.75, 3.05) is 0 Å². The predicted molar refractivity (Wildman–Crippen MR) is 107 cm³/mol. The number of nitrogens with two attached hydrogens (primary N) is 1. The average Bonchev–Trinajstić information content (AvgIpc) is 3.08. The fourth-order valence-corrected chi connectivity index (χ4v) is 3.29. The highest BCUT2D eigenvalue weighted by atomic mass is 16.1. The summed E-state index contributed by atoms with van der Waals surface area (Å²) in [6.07, 6.45) is 3.07. The zero-order chi connectivity index (χ0) is 19.8. The molecule has 4 aromatic rings. The molecule has 0 aliphatic rings. The van der Waals surface area contributed by atoms with Gasteiger partial charge in [-0.25, -0.2) is 9.67 Å². The molecule has 2 heterocycles. The van der Waals surface area contributed by atoms with E-state index in [-0.39, 0.29) is 5.56 Å². The summed E-state index contributed by atoms with van der Waals surface area (Å²) in [6.45, 7) is 4.38. The maximum Gasteiger partial charge on any atom is 0.264 e. The zero-order valence-electron chi connectivity index (χ0n) is 15.6. The topological polar surface area (TPSA) is 95.8 Å². The minimum Gasteiger partial charge on any atom is -0.366 e. The Bertz CT molecular complexity index is 1230. The number of carbonyl (C=O) groups is 1. The third-order valence-electron chi connectivity index (χ3n) is 4.60. The molecule has 0 atom stereocenters. The van der Waals surface area contributed by atoms with E-state index in [0.717, 1.165) is 22.4 Å². The molecular formula is C21H19N5O2. The summed E-state index contributed by atoms with van der Waals surface area (Å²) >= 11 is 0. The van der Waals surface area contributed by atoms with Crippen molar-refractivity contribution in [3.63, 3.8) is 0 Å². The Balaban J connectivity index is 1.72. The Labute approximate surface area is 161 Å². The van der Waals surface area contributed by atoms with Crippen molar-refractivity contribution in [1.82, 2.24) is 19.3 Å². The van der Waals surface area contributed by atoms with Gasteiger partial charge in [0.25, 0.3) is 5.56 Å². The van der Waals surface area contributed by atoms with E-state index in [2.05, 4.69) is 16.1 Å². The number of nitrogens with zero attached hydrogens (tertiary/aromatic N) is 4. The molecule has 2 aromatic heterocycles. The van der Waals surface area contributed by atoms with Gasteiger partial charge in [0, 0.05) is 5.56 Å². The summed E-state index contributed by atoms with van der Waals surface area (Å²) in [6, 6.07) is 12.9. The Hall–Kier alpha value is -3.74. The third-order valence-corrected chi connectivity index (χ3v) is 4.60. The van der Waals surface area contributed by atoms with Gasteiger partial charge in [0.1, 0.15) is 11.7 Å². The Morgan fingerprint density at radius 3 is 2.39 bits per heavy atom. The highest BCUT2D eigenvalue weighted by molar-refractivity contribution is 5.92. The molecule has 7 nitrogen and oxygen atoms in total. The van der Waals surface area contributed by atoms with Crippen LogP contribution in [-0.4, -0.2) is 25.2 Å². The van der Waals surface area contributed by atoms with Crippen LogP contribution in [0.15, 0.2) is 59.8 Å². The largest absolute Gasteiger partial charge is 0.366 e. The van der Waals surface area contributed by atoms with Gasteiger partial charge in [-0.1, -0.05) is 18.2 Å². The van der Waals surface area contributed by atoms with Gasteiger partial charge in [-0.15, -0.1) is 0 Å². The number of amides is 1. The number of hydrogen-bond donors (Lipinski definition) is 1. The molecule has 2 N–H and O–H groups in total. The molecule has 0 bridgehead atoms. The first-order valence-electron chi connectivity index (χ1n) is 8.83. The lowest BCUT2D eigenvalue weighted by molar-refractivity contribution is 0.100. The first-order valence-corrected chi connectivity index (χ1v) is 8.83. The van der Waals surface area contributed by atoms with Crippen LogP contribution in [0, 0.1) is 13.8 Å². The minimum absolute atomic E-state index is 0.167. The standard InChI is InChI=1S/C21H19N5O2/c1-13-7-14(2)9-17(8-13)26-20-18(10-24-26)21(28)25(12-23-20)11-15-3-5-16(6-4-15)19(22)27/h3-10,12H,11H2,1-2H3,(H2,22,27). The maximum atomic E-state index is 12.9. The Morgan fingerprint density at radius 2 is 1.75 bits per heavy atom. The summed E-state index contributed by atoms with van der Waals surface area (Å²) < 4.78 is 3.21. The van der Waals surface area contributed by atoms with Crippen LogP contribution in [0.5, 0.6) is 0 Å². The second-order valence-electron chi connectivity index (χ2n) is 6.88. The second kappa shape index (κ2) is 6.77. The van der Waals surface area contributed by atoms with Gasteiger partial charge in [-0.3, -0.25) is 14.2 Å². The van der Waals surface area contributed by atoms with E-state index >= 15 is 0 Å². The summed E-state index contributed by atoms with van der Waals surface area (Å²) in [5.41, 5.74) is 10.0. The monoisotopic (exact) mass is 373 g/mol. The fourth-order valence-electron chi connectivity index (χ4n) is 3.29. The number of fused-ring (bicyclic) bond motifs is 1. The molecule has 0 fully saturated rings. The molecule has 28 heavy (non-hydrogen) atoms. The number of aryl methyl sites for hydroxylation is 2. The van der Waals surface area contributed by atoms with Crippen LogP contribution >= 0.6 is 0 Å². The lowest BCUT2D eigenvalue weighted by Crippen LogP contribution is -2.21. The molecule has 140 valence electrons. The zero-order valence-corrected chi connectivity index (χ0v) is 15.6. The fraction of sp³-hybridized carbons (Fsp3) is 0.143. The van der Waals surface area contributed by atoms with Gasteiger partial charge >= 0.3 is 0 Å². The van der Waals surface area contributed by atoms with Gasteiger partial charge in [-0.2, -0.15) is 5.10 Å². The van der Waals surface area contributed by atoms with E-state index in [1.807, 2.05) is 26.0 Å². The highest BCUT2D eigenvalue weighted by Crippen LogP contribution is 2.17. The van der Waals surface area contributed by atoms with Crippen LogP contribution in [0.1, 0.15) is 27.0 Å². The quantitative estimate of drug-likeness (QED) is 0.594. The van der Waals surface area contributed by atoms with E-state index in [1.54, 1.807) is 35.1 Å². The van der Waals surface area contributed by atoms with Crippen molar-refractivity contribution < 1.29 is 4.79 Å². The lowest BCUT2D eigenvalue weighted by Gasteiger charge is -2.08. The van der Waals surface area contributed by atoms with E-state index < -0.39 is 5.91 Å². The molecule has 0 radical (unpaired) electrons. The number of primary amides is 1. The van der Waals surface area contributed by atoms with E-state index in [1.165, 1.54) is 10.9 Å². The second-order valence-corrected chi connectivity index (χ2v) is 6.88. The number of rotatable bonds is 4. The van der Waals surface area contributed by atoms with Gasteiger partial charge in [0.05, 0.1) is 18.4 Å². The van der Waals surface area contributed by atoms with Crippen molar-refractivity contribution in [1.29, 1.82) is 0 Å². The van der Waals surface area contributed by atoms with Crippen molar-refractivity contribution in [3.8, 4) is 5.69 Å². The van der Waals surface area contributed by atoms with Crippen molar-refractivity contribution in [2.24, 2.45) is 5.73 Å². The smallest absolute Gasteiger partial charge is 0.264 e. The van der Waals surface area contributed by atoms with Gasteiger partial charge < -0.3 is 5.73 Å². The molecule has 0 unspecified atom stereocenters. The van der Waals surface area contributed by atoms with Crippen LogP contribution in [0.25, 0.3) is 16.7 Å². The molecule has 0 aliphatic heterocycles. The molecule has 1 amide bonds. The maximum absolute atomic E-state index is 12.9. The van der Waals surface area contributed by atoms with Crippen molar-refractivity contribution in [3.05, 3.63) is 87.6 Å². The summed E-state index contributed by atoms with van der Waals surface area (Å²) in [5.74, 6) is -0.481. The number of benzene rings is 2. The van der Waals surface area contributed by atoms with Crippen molar-refractivity contribution in [2.45, 2.75) is 20.4 Å². The minimum atomic E-state index is -0.481. The molecule has 0 aliphatic carbocycles. The summed E-state index contributed by atoms with van der Waals surface area (Å²) in [7, 11) is 0. The summed E-state index contributed by atoms with van der Waals surface area (Å²) in [5, 5.41) is 4.83. The van der Waals surface area contributed by atoms with Crippen LogP contribution in [-0.2, 0) is 6.54 Å². The molecule has 0 spiro atoms. The third kappa shape index (κ3) is 3.18. The van der Waals surface area contributed by atoms with Crippen LogP contribution in [0.3, 0.4) is 0 Å². The van der Waals surface area contributed by atoms with Crippen LogP contribution in [0.4, 0.5) is 0 Å². The molecule has 0 saturated heterocycles. The number of hydrogen-bond acceptors (Lipinski definition) is 4. The lowest BCUT2D eigenvalue weighted by atomic mass is 10.1. The SMILES string of the molecule is Cc1cc(C)cc(-n2ncc3c(=O)n(Cc4ccc(C(N)=O)cc4)cnc32)c1. The predicted octanol–water partition coefficient (Wildman–Crippen LogP) is 2.35. The number of carbonyl (C=O) groups excluding carboxylic acids is 1. The number of aromatic nitrogens is 4. The average molecular weight is 373 g/mol. The normalized spacial score (nSPS) is 11.1. The van der Waals surface area contributed by atoms with Gasteiger partial charge in [0.2, 0.25) is 5.91 Å². The van der Waals surface area contributed by atoms with Crippen LogP contribution < -0.4 is 11.3 Å². The molecule has 7 heteroatoms. The molecule has 4 rings (SSSR count). The molecular weight excluding hydrogens is 354 g/mol. The van der Waals surface area contributed by atoms with Gasteiger partial charge in [-0.05, 0) is 54.8 Å². The van der Waals surface area contributed by atoms with E-state index in [0.29, 0.717) is 23.1 Å². The van der Waals surface area contributed by atoms with E-state index in [4.69, 9.17) is 5.73 Å². The van der Waals surface area contributed by atoms with E-state index in [9.17, 15) is 9.59 Å². The van der Waals surface area contributed by atoms with Crippen LogP contribution in [0.2, 0.25) is 0 Å². The molecule has 2 aromatic carbocycles. The Kier molecular flexibility index (Phi) is 4.27. The highest BCUT2D eigenvalue weighted by Gasteiger charge is 2.12. The van der Waals surface area contributed by atoms with Crippen molar-refractivity contribution >= 4 is 16.9 Å².